The molecule has 1 aromatic carbocycles. The topological polar surface area (TPSA) is 29.3 Å². The molecule has 0 aromatic heterocycles. The summed E-state index contributed by atoms with van der Waals surface area (Å²) in [5, 5.41) is 0. The highest BCUT2D eigenvalue weighted by Crippen LogP contribution is 2.29. The molecule has 3 rings (SSSR count). The molecule has 0 unspecified atom stereocenters. The van der Waals surface area contributed by atoms with Crippen molar-refractivity contribution in [1.29, 1.82) is 0 Å². The van der Waals surface area contributed by atoms with Gasteiger partial charge in [-0.25, -0.2) is 0 Å². The molecular formula is C14H20N2. The van der Waals surface area contributed by atoms with Crippen LogP contribution in [0.5, 0.6) is 0 Å². The number of hydrogen-bond donors (Lipinski definition) is 1. The Balaban J connectivity index is 1.68. The first-order valence-corrected chi connectivity index (χ1v) is 6.41. The van der Waals surface area contributed by atoms with Gasteiger partial charge in [-0.2, -0.15) is 0 Å². The first-order chi connectivity index (χ1) is 7.81. The molecule has 2 heteroatoms. The van der Waals surface area contributed by atoms with Gasteiger partial charge in [-0.1, -0.05) is 12.5 Å². The van der Waals surface area contributed by atoms with Gasteiger partial charge < -0.3 is 5.73 Å². The van der Waals surface area contributed by atoms with Gasteiger partial charge in [0.15, 0.2) is 0 Å². The molecular weight excluding hydrogens is 196 g/mol. The van der Waals surface area contributed by atoms with Crippen LogP contribution in [-0.2, 0) is 13.0 Å². The van der Waals surface area contributed by atoms with Gasteiger partial charge in [-0.3, -0.25) is 4.90 Å². The quantitative estimate of drug-likeness (QED) is 0.769. The standard InChI is InChI=1S/C14H20N2/c15-14-5-4-13-10-16(7-6-12(13)8-14)9-11-2-1-3-11/h4-5,8,11H,1-3,6-7,9-10,15H2. The van der Waals surface area contributed by atoms with E-state index in [-0.39, 0.29) is 0 Å². The van der Waals surface area contributed by atoms with Crippen molar-refractivity contribution in [1.82, 2.24) is 4.90 Å². The van der Waals surface area contributed by atoms with E-state index >= 15 is 0 Å². The summed E-state index contributed by atoms with van der Waals surface area (Å²) < 4.78 is 0. The van der Waals surface area contributed by atoms with Gasteiger partial charge in [-0.05, 0) is 48.4 Å². The molecule has 1 fully saturated rings. The van der Waals surface area contributed by atoms with Crippen LogP contribution in [0.4, 0.5) is 5.69 Å². The molecule has 1 saturated carbocycles. The lowest BCUT2D eigenvalue weighted by Gasteiger charge is -2.35. The van der Waals surface area contributed by atoms with Crippen LogP contribution in [0.25, 0.3) is 0 Å². The maximum atomic E-state index is 5.81. The Morgan fingerprint density at radius 1 is 1.25 bits per heavy atom. The zero-order valence-corrected chi connectivity index (χ0v) is 9.78. The minimum Gasteiger partial charge on any atom is -0.399 e. The Morgan fingerprint density at radius 2 is 2.12 bits per heavy atom. The predicted octanol–water partition coefficient (Wildman–Crippen LogP) is 2.43. The van der Waals surface area contributed by atoms with Gasteiger partial charge >= 0.3 is 0 Å². The van der Waals surface area contributed by atoms with Gasteiger partial charge in [0.1, 0.15) is 0 Å². The van der Waals surface area contributed by atoms with Gasteiger partial charge in [-0.15, -0.1) is 0 Å². The summed E-state index contributed by atoms with van der Waals surface area (Å²) in [6.07, 6.45) is 5.52. The summed E-state index contributed by atoms with van der Waals surface area (Å²) >= 11 is 0. The summed E-state index contributed by atoms with van der Waals surface area (Å²) in [7, 11) is 0. The van der Waals surface area contributed by atoms with Crippen molar-refractivity contribution in [2.75, 3.05) is 18.8 Å². The van der Waals surface area contributed by atoms with E-state index in [1.807, 2.05) is 6.07 Å². The third-order valence-corrected chi connectivity index (χ3v) is 4.06. The second kappa shape index (κ2) is 4.10. The van der Waals surface area contributed by atoms with Gasteiger partial charge in [0.2, 0.25) is 0 Å². The number of nitrogens with zero attached hydrogens (tertiary/aromatic N) is 1. The molecule has 0 saturated heterocycles. The van der Waals surface area contributed by atoms with Crippen LogP contribution < -0.4 is 5.73 Å². The Bertz CT molecular complexity index is 382. The monoisotopic (exact) mass is 216 g/mol. The fourth-order valence-corrected chi connectivity index (χ4v) is 2.83. The summed E-state index contributed by atoms with van der Waals surface area (Å²) in [5.74, 6) is 0.982. The summed E-state index contributed by atoms with van der Waals surface area (Å²) in [6.45, 7) is 3.66. The lowest BCUT2D eigenvalue weighted by Crippen LogP contribution is -2.36. The largest absolute Gasteiger partial charge is 0.399 e. The lowest BCUT2D eigenvalue weighted by atomic mass is 9.84. The first-order valence-electron chi connectivity index (χ1n) is 6.41. The molecule has 0 radical (unpaired) electrons. The maximum Gasteiger partial charge on any atom is 0.0316 e. The average Bonchev–Trinajstić information content (AvgIpc) is 2.23. The molecule has 1 aromatic rings. The third kappa shape index (κ3) is 1.94. The minimum absolute atomic E-state index is 0.909. The Kier molecular flexibility index (Phi) is 2.60. The molecule has 86 valence electrons. The first kappa shape index (κ1) is 10.2. The second-order valence-corrected chi connectivity index (χ2v) is 5.31. The number of nitrogen functional groups attached to an aromatic ring is 1. The zero-order valence-electron chi connectivity index (χ0n) is 9.78. The van der Waals surface area contributed by atoms with E-state index in [0.717, 1.165) is 18.2 Å². The molecule has 1 heterocycles. The Morgan fingerprint density at radius 3 is 2.88 bits per heavy atom. The fourth-order valence-electron chi connectivity index (χ4n) is 2.83. The van der Waals surface area contributed by atoms with Gasteiger partial charge in [0.25, 0.3) is 0 Å². The van der Waals surface area contributed by atoms with Crippen LogP contribution in [0.2, 0.25) is 0 Å². The predicted molar refractivity (Wildman–Crippen MR) is 67.2 cm³/mol. The van der Waals surface area contributed by atoms with E-state index in [0.29, 0.717) is 0 Å². The van der Waals surface area contributed by atoms with E-state index in [1.165, 1.54) is 49.9 Å². The zero-order chi connectivity index (χ0) is 11.0. The number of anilines is 1. The molecule has 1 aliphatic heterocycles. The van der Waals surface area contributed by atoms with Crippen LogP contribution in [0, 0.1) is 5.92 Å². The second-order valence-electron chi connectivity index (χ2n) is 5.31. The number of fused-ring (bicyclic) bond motifs is 1. The smallest absolute Gasteiger partial charge is 0.0316 e. The number of benzene rings is 1. The molecule has 1 aliphatic carbocycles. The minimum atomic E-state index is 0.909. The van der Waals surface area contributed by atoms with Crippen molar-refractivity contribution in [3.05, 3.63) is 29.3 Å². The maximum absolute atomic E-state index is 5.81. The Hall–Kier alpha value is -1.02. The number of rotatable bonds is 2. The van der Waals surface area contributed by atoms with E-state index in [1.54, 1.807) is 0 Å². The van der Waals surface area contributed by atoms with Crippen molar-refractivity contribution in [2.24, 2.45) is 5.92 Å². The van der Waals surface area contributed by atoms with Crippen LogP contribution >= 0.6 is 0 Å². The van der Waals surface area contributed by atoms with Crippen molar-refractivity contribution in [3.63, 3.8) is 0 Å². The van der Waals surface area contributed by atoms with Crippen LogP contribution in [0.1, 0.15) is 30.4 Å². The molecule has 0 spiro atoms. The molecule has 2 nitrogen and oxygen atoms in total. The molecule has 0 atom stereocenters. The summed E-state index contributed by atoms with van der Waals surface area (Å²) in [6, 6.07) is 6.39. The average molecular weight is 216 g/mol. The SMILES string of the molecule is Nc1ccc2c(c1)CCN(CC1CCC1)C2. The fraction of sp³-hybridized carbons (Fsp3) is 0.571. The molecule has 0 amide bonds. The van der Waals surface area contributed by atoms with Crippen LogP contribution in [0.3, 0.4) is 0 Å². The highest BCUT2D eigenvalue weighted by Gasteiger charge is 2.23. The Labute approximate surface area is 97.4 Å². The summed E-state index contributed by atoms with van der Waals surface area (Å²) in [5.41, 5.74) is 9.67. The van der Waals surface area contributed by atoms with Gasteiger partial charge in [0.05, 0.1) is 0 Å². The van der Waals surface area contributed by atoms with Crippen molar-refractivity contribution in [2.45, 2.75) is 32.2 Å². The lowest BCUT2D eigenvalue weighted by molar-refractivity contribution is 0.166. The highest BCUT2D eigenvalue weighted by atomic mass is 15.1. The van der Waals surface area contributed by atoms with Crippen molar-refractivity contribution in [3.8, 4) is 0 Å². The van der Waals surface area contributed by atoms with Gasteiger partial charge in [0, 0.05) is 25.3 Å². The molecule has 2 N–H and O–H groups in total. The number of nitrogens with two attached hydrogens (primary N) is 1. The van der Waals surface area contributed by atoms with E-state index in [9.17, 15) is 0 Å². The van der Waals surface area contributed by atoms with E-state index < -0.39 is 0 Å². The van der Waals surface area contributed by atoms with Crippen molar-refractivity contribution < 1.29 is 0 Å². The molecule has 16 heavy (non-hydrogen) atoms. The third-order valence-electron chi connectivity index (χ3n) is 4.06. The summed E-state index contributed by atoms with van der Waals surface area (Å²) in [4.78, 5) is 2.61. The van der Waals surface area contributed by atoms with Crippen LogP contribution in [-0.4, -0.2) is 18.0 Å². The highest BCUT2D eigenvalue weighted by molar-refractivity contribution is 5.45. The normalized spacial score (nSPS) is 21.5. The van der Waals surface area contributed by atoms with Crippen molar-refractivity contribution >= 4 is 5.69 Å². The van der Waals surface area contributed by atoms with E-state index in [4.69, 9.17) is 5.73 Å². The number of hydrogen-bond acceptors (Lipinski definition) is 2. The molecule has 2 aliphatic rings. The van der Waals surface area contributed by atoms with E-state index in [2.05, 4.69) is 17.0 Å². The molecule has 0 bridgehead atoms. The van der Waals surface area contributed by atoms with Crippen LogP contribution in [0.15, 0.2) is 18.2 Å².